The molecule has 0 rings (SSSR count). The van der Waals surface area contributed by atoms with Crippen LogP contribution in [-0.2, 0) is 28.6 Å². The lowest BCUT2D eigenvalue weighted by Crippen LogP contribution is -2.30. The minimum absolute atomic E-state index is 0.0810. The predicted molar refractivity (Wildman–Crippen MR) is 298 cm³/mol. The van der Waals surface area contributed by atoms with Gasteiger partial charge in [0.15, 0.2) is 6.10 Å². The van der Waals surface area contributed by atoms with Crippen molar-refractivity contribution in [3.63, 3.8) is 0 Å². The van der Waals surface area contributed by atoms with Crippen LogP contribution < -0.4 is 0 Å². The van der Waals surface area contributed by atoms with Crippen LogP contribution >= 0.6 is 0 Å². The van der Waals surface area contributed by atoms with Crippen molar-refractivity contribution in [3.05, 3.63) is 48.6 Å². The van der Waals surface area contributed by atoms with Crippen LogP contribution in [-0.4, -0.2) is 37.2 Å². The lowest BCUT2D eigenvalue weighted by Gasteiger charge is -2.18. The fraction of sp³-hybridized carbons (Fsp3) is 0.825. The zero-order valence-corrected chi connectivity index (χ0v) is 46.1. The number of rotatable bonds is 55. The highest BCUT2D eigenvalue weighted by Gasteiger charge is 2.19. The molecule has 0 N–H and O–H groups in total. The lowest BCUT2D eigenvalue weighted by atomic mass is 10.0. The molecule has 1 unspecified atom stereocenters. The van der Waals surface area contributed by atoms with Crippen LogP contribution in [0.15, 0.2) is 48.6 Å². The van der Waals surface area contributed by atoms with Crippen molar-refractivity contribution in [2.24, 2.45) is 0 Å². The van der Waals surface area contributed by atoms with E-state index < -0.39 is 6.10 Å². The van der Waals surface area contributed by atoms with Gasteiger partial charge in [0.25, 0.3) is 0 Å². The first-order valence-corrected chi connectivity index (χ1v) is 30.1. The van der Waals surface area contributed by atoms with Gasteiger partial charge < -0.3 is 14.2 Å². The molecule has 0 amide bonds. The van der Waals surface area contributed by atoms with E-state index in [1.165, 1.54) is 193 Å². The summed E-state index contributed by atoms with van der Waals surface area (Å²) in [6, 6.07) is 0. The Kier molecular flexibility index (Phi) is 55.7. The van der Waals surface area contributed by atoms with Crippen LogP contribution in [0, 0.1) is 0 Å². The van der Waals surface area contributed by atoms with Gasteiger partial charge >= 0.3 is 17.9 Å². The smallest absolute Gasteiger partial charge is 0.306 e. The van der Waals surface area contributed by atoms with E-state index in [4.69, 9.17) is 14.2 Å². The first-order chi connectivity index (χ1) is 34.0. The molecule has 0 aromatic heterocycles. The Morgan fingerprint density at radius 1 is 0.304 bits per heavy atom. The van der Waals surface area contributed by atoms with Crippen molar-refractivity contribution in [1.29, 1.82) is 0 Å². The van der Waals surface area contributed by atoms with Crippen molar-refractivity contribution in [2.45, 2.75) is 322 Å². The van der Waals surface area contributed by atoms with E-state index in [9.17, 15) is 14.4 Å². The Morgan fingerprint density at radius 3 is 0.913 bits per heavy atom. The molecule has 0 bridgehead atoms. The number of hydrogen-bond donors (Lipinski definition) is 0. The molecule has 0 spiro atoms. The molecule has 0 aromatic rings. The van der Waals surface area contributed by atoms with E-state index in [0.29, 0.717) is 19.3 Å². The molecule has 6 heteroatoms. The van der Waals surface area contributed by atoms with Crippen molar-refractivity contribution < 1.29 is 28.6 Å². The van der Waals surface area contributed by atoms with Gasteiger partial charge in [-0.2, -0.15) is 0 Å². The normalized spacial score (nSPS) is 12.3. The molecule has 1 atom stereocenters. The number of ether oxygens (including phenoxy) is 3. The standard InChI is InChI=1S/C63H114O6/c1-4-7-10-13-16-19-22-25-27-29-30-31-32-34-35-38-41-44-47-50-53-56-62(65)68-59-60(58-67-61(64)55-52-49-46-43-40-37-24-21-18-15-12-9-6-3)69-63(66)57-54-51-48-45-42-39-36-33-28-26-23-20-17-14-11-8-5-2/h9,12,18,21,26,28,37,40,60H,4-8,10-11,13-17,19-20,22-25,27,29-36,38-39,41-59H2,1-3H3/b12-9-,21-18-,28-26-,40-37-. The third-order valence-electron chi connectivity index (χ3n) is 13.3. The zero-order chi connectivity index (χ0) is 50.0. The molecule has 69 heavy (non-hydrogen) atoms. The maximum absolute atomic E-state index is 12.9. The molecular weight excluding hydrogens is 853 g/mol. The number of carbonyl (C=O) groups excluding carboxylic acids is 3. The summed E-state index contributed by atoms with van der Waals surface area (Å²) < 4.78 is 16.9. The van der Waals surface area contributed by atoms with E-state index in [2.05, 4.69) is 69.4 Å². The summed E-state index contributed by atoms with van der Waals surface area (Å²) in [5.74, 6) is -0.899. The van der Waals surface area contributed by atoms with Gasteiger partial charge in [-0.05, 0) is 77.0 Å². The lowest BCUT2D eigenvalue weighted by molar-refractivity contribution is -0.167. The van der Waals surface area contributed by atoms with Crippen molar-refractivity contribution in [3.8, 4) is 0 Å². The van der Waals surface area contributed by atoms with Crippen LogP contribution in [0.1, 0.15) is 316 Å². The molecule has 402 valence electrons. The van der Waals surface area contributed by atoms with Crippen LogP contribution in [0.5, 0.6) is 0 Å². The Bertz CT molecular complexity index is 1200. The highest BCUT2D eigenvalue weighted by atomic mass is 16.6. The summed E-state index contributed by atoms with van der Waals surface area (Å²) in [6.07, 6.45) is 71.2. The van der Waals surface area contributed by atoms with Gasteiger partial charge in [0.1, 0.15) is 13.2 Å². The van der Waals surface area contributed by atoms with E-state index in [-0.39, 0.29) is 31.1 Å². The molecule has 0 saturated carbocycles. The summed E-state index contributed by atoms with van der Waals surface area (Å²) >= 11 is 0. The zero-order valence-electron chi connectivity index (χ0n) is 46.1. The minimum atomic E-state index is -0.785. The topological polar surface area (TPSA) is 78.9 Å². The van der Waals surface area contributed by atoms with Gasteiger partial charge in [0.2, 0.25) is 0 Å². The van der Waals surface area contributed by atoms with Gasteiger partial charge in [0.05, 0.1) is 0 Å². The fourth-order valence-electron chi connectivity index (χ4n) is 8.81. The van der Waals surface area contributed by atoms with Crippen molar-refractivity contribution >= 4 is 17.9 Å². The van der Waals surface area contributed by atoms with Gasteiger partial charge in [0, 0.05) is 19.3 Å². The number of carbonyl (C=O) groups is 3. The Morgan fingerprint density at radius 2 is 0.565 bits per heavy atom. The average molecular weight is 968 g/mol. The van der Waals surface area contributed by atoms with Crippen LogP contribution in [0.2, 0.25) is 0 Å². The van der Waals surface area contributed by atoms with E-state index in [0.717, 1.165) is 83.5 Å². The van der Waals surface area contributed by atoms with Crippen LogP contribution in [0.4, 0.5) is 0 Å². The summed E-state index contributed by atoms with van der Waals surface area (Å²) in [6.45, 7) is 6.54. The van der Waals surface area contributed by atoms with E-state index in [1.54, 1.807) is 0 Å². The first-order valence-electron chi connectivity index (χ1n) is 30.1. The Hall–Kier alpha value is -2.63. The maximum Gasteiger partial charge on any atom is 0.306 e. The molecule has 0 saturated heterocycles. The largest absolute Gasteiger partial charge is 0.462 e. The Balaban J connectivity index is 4.32. The van der Waals surface area contributed by atoms with Crippen molar-refractivity contribution in [1.82, 2.24) is 0 Å². The first kappa shape index (κ1) is 66.4. The molecule has 0 aromatic carbocycles. The quantitative estimate of drug-likeness (QED) is 0.0262. The third-order valence-corrected chi connectivity index (χ3v) is 13.3. The van der Waals surface area contributed by atoms with E-state index >= 15 is 0 Å². The molecule has 0 heterocycles. The number of esters is 3. The minimum Gasteiger partial charge on any atom is -0.462 e. The van der Waals surface area contributed by atoms with Crippen molar-refractivity contribution in [2.75, 3.05) is 13.2 Å². The summed E-state index contributed by atoms with van der Waals surface area (Å²) in [4.78, 5) is 38.2. The van der Waals surface area contributed by atoms with Gasteiger partial charge in [-0.25, -0.2) is 0 Å². The number of unbranched alkanes of at least 4 members (excludes halogenated alkanes) is 36. The van der Waals surface area contributed by atoms with Gasteiger partial charge in [-0.3, -0.25) is 14.4 Å². The monoisotopic (exact) mass is 967 g/mol. The highest BCUT2D eigenvalue weighted by Crippen LogP contribution is 2.17. The molecule has 0 fully saturated rings. The van der Waals surface area contributed by atoms with Gasteiger partial charge in [-0.1, -0.05) is 268 Å². The van der Waals surface area contributed by atoms with Crippen LogP contribution in [0.3, 0.4) is 0 Å². The summed E-state index contributed by atoms with van der Waals surface area (Å²) in [5, 5.41) is 0. The second-order valence-corrected chi connectivity index (χ2v) is 20.2. The summed E-state index contributed by atoms with van der Waals surface area (Å²) in [5.41, 5.74) is 0. The molecule has 0 radical (unpaired) electrons. The Labute approximate surface area is 428 Å². The van der Waals surface area contributed by atoms with Crippen LogP contribution in [0.25, 0.3) is 0 Å². The predicted octanol–water partition coefficient (Wildman–Crippen LogP) is 20.2. The van der Waals surface area contributed by atoms with E-state index in [1.807, 2.05) is 0 Å². The highest BCUT2D eigenvalue weighted by molar-refractivity contribution is 5.71. The molecule has 0 aliphatic carbocycles. The maximum atomic E-state index is 12.9. The third kappa shape index (κ3) is 56.2. The second-order valence-electron chi connectivity index (χ2n) is 20.2. The summed E-state index contributed by atoms with van der Waals surface area (Å²) in [7, 11) is 0. The molecular formula is C63H114O6. The molecule has 6 nitrogen and oxygen atoms in total. The average Bonchev–Trinajstić information content (AvgIpc) is 3.35. The second kappa shape index (κ2) is 57.9. The molecule has 0 aliphatic heterocycles. The molecule has 0 aliphatic rings. The number of allylic oxidation sites excluding steroid dienone is 8. The van der Waals surface area contributed by atoms with Gasteiger partial charge in [-0.15, -0.1) is 0 Å². The SMILES string of the molecule is CC/C=C\C/C=C\C/C=C\CCCCCC(=O)OCC(COC(=O)CCCCCCCCCCCCCCCCCCCCCCC)OC(=O)CCCCCCCCC/C=C\CCCCCCCC. The fourth-order valence-corrected chi connectivity index (χ4v) is 8.81. The number of hydrogen-bond acceptors (Lipinski definition) is 6.